The minimum absolute atomic E-state index is 0.149. The van der Waals surface area contributed by atoms with Crippen LogP contribution in [-0.4, -0.2) is 24.6 Å². The van der Waals surface area contributed by atoms with E-state index in [2.05, 4.69) is 19.8 Å². The van der Waals surface area contributed by atoms with Crippen molar-refractivity contribution >= 4 is 43.3 Å². The van der Waals surface area contributed by atoms with Crippen LogP contribution < -0.4 is 14.3 Å². The monoisotopic (exact) mass is 545 g/mol. The van der Waals surface area contributed by atoms with E-state index in [0.29, 0.717) is 56.5 Å². The van der Waals surface area contributed by atoms with E-state index in [-0.39, 0.29) is 17.2 Å². The Hall–Kier alpha value is -4.36. The summed E-state index contributed by atoms with van der Waals surface area (Å²) in [6, 6.07) is 17.2. The topological polar surface area (TPSA) is 114 Å². The van der Waals surface area contributed by atoms with Crippen molar-refractivity contribution < 1.29 is 21.2 Å². The normalized spacial score (nSPS) is 14.3. The lowest BCUT2D eigenvalue weighted by Gasteiger charge is -2.21. The van der Waals surface area contributed by atoms with Gasteiger partial charge in [-0.1, -0.05) is 34.9 Å². The molecule has 1 aliphatic rings. The van der Waals surface area contributed by atoms with Gasteiger partial charge in [0.05, 0.1) is 34.5 Å². The van der Waals surface area contributed by atoms with Crippen LogP contribution in [0.4, 0.5) is 3.89 Å². The zero-order chi connectivity index (χ0) is 27.3. The van der Waals surface area contributed by atoms with Gasteiger partial charge in [-0.2, -0.15) is 13.7 Å². The van der Waals surface area contributed by atoms with Crippen LogP contribution in [0.25, 0.3) is 44.0 Å². The Morgan fingerprint density at radius 1 is 1.10 bits per heavy atom. The van der Waals surface area contributed by atoms with Crippen molar-refractivity contribution in [2.75, 3.05) is 6.61 Å². The van der Waals surface area contributed by atoms with E-state index in [4.69, 9.17) is 4.74 Å². The third-order valence-electron chi connectivity index (χ3n) is 7.31. The standard InChI is InChI=1S/C29H24FN3O5S/c1-2-37-26-15-23-25(14-22(26)18-6-5-9-20(13-18)38-39(30,35)36)33(19-7-3-4-8-19)29-27(28(23)34)21-11-10-17(16-31)12-24(21)32-29/h5-6,9-15,19,32H,2-4,7-8H2,1H3. The van der Waals surface area contributed by atoms with E-state index in [0.717, 1.165) is 31.1 Å². The van der Waals surface area contributed by atoms with E-state index in [1.165, 1.54) is 12.1 Å². The summed E-state index contributed by atoms with van der Waals surface area (Å²) in [6.45, 7) is 2.16. The van der Waals surface area contributed by atoms with E-state index in [1.807, 2.05) is 13.0 Å². The smallest absolute Gasteiger partial charge is 0.488 e. The number of pyridine rings is 1. The van der Waals surface area contributed by atoms with Crippen molar-refractivity contribution in [2.24, 2.45) is 0 Å². The lowest BCUT2D eigenvalue weighted by atomic mass is 10.00. The second-order valence-corrected chi connectivity index (χ2v) is 10.6. The molecule has 0 aliphatic heterocycles. The van der Waals surface area contributed by atoms with Gasteiger partial charge in [0.25, 0.3) is 0 Å². The molecule has 0 amide bonds. The predicted molar refractivity (Wildman–Crippen MR) is 147 cm³/mol. The van der Waals surface area contributed by atoms with Crippen LogP contribution in [-0.2, 0) is 10.5 Å². The molecule has 2 heterocycles. The molecule has 6 rings (SSSR count). The van der Waals surface area contributed by atoms with Gasteiger partial charge < -0.3 is 18.5 Å². The highest BCUT2D eigenvalue weighted by molar-refractivity contribution is 7.81. The Balaban J connectivity index is 1.70. The first-order valence-corrected chi connectivity index (χ1v) is 14.0. The fraction of sp³-hybridized carbons (Fsp3) is 0.241. The van der Waals surface area contributed by atoms with Gasteiger partial charge in [0.2, 0.25) is 0 Å². The average Bonchev–Trinajstić information content (AvgIpc) is 3.56. The predicted octanol–water partition coefficient (Wildman–Crippen LogP) is 6.28. The Bertz CT molecular complexity index is 1980. The quantitative estimate of drug-likeness (QED) is 0.251. The molecular weight excluding hydrogens is 521 g/mol. The minimum Gasteiger partial charge on any atom is -0.493 e. The number of hydrogen-bond acceptors (Lipinski definition) is 6. The number of halogens is 1. The number of nitrogens with zero attached hydrogens (tertiary/aromatic N) is 2. The van der Waals surface area contributed by atoms with Crippen molar-refractivity contribution in [1.82, 2.24) is 9.55 Å². The number of hydrogen-bond donors (Lipinski definition) is 1. The molecule has 198 valence electrons. The third-order valence-corrected chi connectivity index (χ3v) is 7.70. The van der Waals surface area contributed by atoms with Crippen molar-refractivity contribution in [2.45, 2.75) is 38.6 Å². The molecule has 2 aromatic heterocycles. The van der Waals surface area contributed by atoms with E-state index in [9.17, 15) is 22.4 Å². The summed E-state index contributed by atoms with van der Waals surface area (Å²) >= 11 is 0. The fourth-order valence-electron chi connectivity index (χ4n) is 5.74. The van der Waals surface area contributed by atoms with Crippen LogP contribution >= 0.6 is 0 Å². The highest BCUT2D eigenvalue weighted by atomic mass is 32.3. The molecule has 1 aliphatic carbocycles. The Morgan fingerprint density at radius 3 is 2.62 bits per heavy atom. The van der Waals surface area contributed by atoms with Gasteiger partial charge in [0.1, 0.15) is 17.1 Å². The van der Waals surface area contributed by atoms with E-state index >= 15 is 0 Å². The van der Waals surface area contributed by atoms with Crippen molar-refractivity contribution in [3.05, 3.63) is 70.4 Å². The number of aromatic amines is 1. The maximum atomic E-state index is 14.0. The van der Waals surface area contributed by atoms with Gasteiger partial charge in [-0.3, -0.25) is 4.79 Å². The van der Waals surface area contributed by atoms with E-state index < -0.39 is 10.5 Å². The van der Waals surface area contributed by atoms with Crippen LogP contribution in [0.3, 0.4) is 0 Å². The molecule has 0 bridgehead atoms. The molecule has 1 fully saturated rings. The molecule has 5 aromatic rings. The first kappa shape index (κ1) is 24.9. The van der Waals surface area contributed by atoms with Gasteiger partial charge >= 0.3 is 10.5 Å². The molecule has 39 heavy (non-hydrogen) atoms. The molecule has 0 atom stereocenters. The number of nitrogens with one attached hydrogen (secondary N) is 1. The summed E-state index contributed by atoms with van der Waals surface area (Å²) in [6.07, 6.45) is 4.04. The SMILES string of the molecule is CCOc1cc2c(=O)c3c4ccc(C#N)cc4[nH]c3n(C3CCCC3)c2cc1-c1cccc(OS(=O)(=O)F)c1. The maximum Gasteiger partial charge on any atom is 0.488 e. The first-order valence-electron chi connectivity index (χ1n) is 12.7. The summed E-state index contributed by atoms with van der Waals surface area (Å²) in [5, 5.41) is 11.2. The first-order chi connectivity index (χ1) is 18.8. The zero-order valence-corrected chi connectivity index (χ0v) is 21.8. The average molecular weight is 546 g/mol. The second kappa shape index (κ2) is 9.43. The van der Waals surface area contributed by atoms with Crippen molar-refractivity contribution in [3.8, 4) is 28.7 Å². The van der Waals surface area contributed by atoms with Crippen LogP contribution in [0, 0.1) is 11.3 Å². The molecule has 1 N–H and O–H groups in total. The molecule has 8 nitrogen and oxygen atoms in total. The maximum absolute atomic E-state index is 14.0. The van der Waals surface area contributed by atoms with Gasteiger partial charge in [-0.25, -0.2) is 0 Å². The lowest BCUT2D eigenvalue weighted by molar-refractivity contribution is 0.342. The molecule has 0 radical (unpaired) electrons. The van der Waals surface area contributed by atoms with Gasteiger partial charge in [0, 0.05) is 22.5 Å². The molecule has 1 saturated carbocycles. The van der Waals surface area contributed by atoms with Crippen LogP contribution in [0.1, 0.15) is 44.2 Å². The number of fused-ring (bicyclic) bond motifs is 4. The fourth-order valence-corrected chi connectivity index (χ4v) is 6.07. The van der Waals surface area contributed by atoms with Crippen LogP contribution in [0.15, 0.2) is 59.4 Å². The molecular formula is C29H24FN3O5S. The Morgan fingerprint density at radius 2 is 1.90 bits per heavy atom. The Kier molecular flexibility index (Phi) is 6.03. The molecule has 0 spiro atoms. The zero-order valence-electron chi connectivity index (χ0n) is 21.0. The molecule has 3 aromatic carbocycles. The number of nitriles is 1. The highest BCUT2D eigenvalue weighted by Crippen LogP contribution is 2.40. The lowest BCUT2D eigenvalue weighted by Crippen LogP contribution is -2.15. The van der Waals surface area contributed by atoms with Gasteiger partial charge in [0.15, 0.2) is 5.43 Å². The van der Waals surface area contributed by atoms with E-state index in [1.54, 1.807) is 36.4 Å². The number of H-pyrrole nitrogens is 1. The summed E-state index contributed by atoms with van der Waals surface area (Å²) < 4.78 is 48.0. The van der Waals surface area contributed by atoms with Crippen molar-refractivity contribution in [3.63, 3.8) is 0 Å². The van der Waals surface area contributed by atoms with Gasteiger partial charge in [-0.15, -0.1) is 0 Å². The number of ether oxygens (including phenoxy) is 1. The number of benzene rings is 3. The summed E-state index contributed by atoms with van der Waals surface area (Å²) in [5.74, 6) is 0.261. The number of rotatable bonds is 6. The Labute approximate surface area is 223 Å². The molecule has 10 heteroatoms. The minimum atomic E-state index is -5.20. The highest BCUT2D eigenvalue weighted by Gasteiger charge is 2.25. The molecule has 0 unspecified atom stereocenters. The summed E-state index contributed by atoms with van der Waals surface area (Å²) in [5.41, 5.74) is 3.61. The number of aromatic nitrogens is 2. The van der Waals surface area contributed by atoms with Crippen LogP contribution in [0.5, 0.6) is 11.5 Å². The molecule has 0 saturated heterocycles. The van der Waals surface area contributed by atoms with Crippen molar-refractivity contribution in [1.29, 1.82) is 5.26 Å². The second-order valence-electron chi connectivity index (χ2n) is 9.66. The summed E-state index contributed by atoms with van der Waals surface area (Å²) in [4.78, 5) is 17.4. The summed E-state index contributed by atoms with van der Waals surface area (Å²) in [7, 11) is -5.20. The third kappa shape index (κ3) is 4.38. The largest absolute Gasteiger partial charge is 0.493 e. The van der Waals surface area contributed by atoms with Crippen LogP contribution in [0.2, 0.25) is 0 Å². The van der Waals surface area contributed by atoms with Gasteiger partial charge in [-0.05, 0) is 61.7 Å².